The van der Waals surface area contributed by atoms with Crippen LogP contribution in [0.25, 0.3) is 11.8 Å². The lowest BCUT2D eigenvalue weighted by Crippen LogP contribution is -2.57. The van der Waals surface area contributed by atoms with Crippen LogP contribution in [0.3, 0.4) is 0 Å². The van der Waals surface area contributed by atoms with E-state index in [1.165, 1.54) is 23.1 Å². The van der Waals surface area contributed by atoms with Gasteiger partial charge in [0.05, 0.1) is 10.6 Å². The first kappa shape index (κ1) is 20.5. The quantitative estimate of drug-likeness (QED) is 0.351. The molecular weight excluding hydrogens is 400 g/mol. The van der Waals surface area contributed by atoms with Crippen molar-refractivity contribution >= 4 is 29.6 Å². The Morgan fingerprint density at radius 1 is 1.13 bits per heavy atom. The maximum atomic E-state index is 13.0. The molecule has 1 saturated heterocycles. The van der Waals surface area contributed by atoms with Crippen LogP contribution in [-0.4, -0.2) is 38.3 Å². The number of benzene rings is 1. The van der Waals surface area contributed by atoms with E-state index in [0.717, 1.165) is 37.1 Å². The van der Waals surface area contributed by atoms with Crippen molar-refractivity contribution in [2.45, 2.75) is 45.6 Å². The van der Waals surface area contributed by atoms with Crippen molar-refractivity contribution in [3.05, 3.63) is 63.0 Å². The van der Waals surface area contributed by atoms with Gasteiger partial charge in [0.1, 0.15) is 5.57 Å². The smallest absolute Gasteiger partial charge is 0.318 e. The van der Waals surface area contributed by atoms with Crippen LogP contribution in [0.15, 0.2) is 35.9 Å². The van der Waals surface area contributed by atoms with E-state index in [0.29, 0.717) is 11.3 Å². The molecule has 1 aromatic carbocycles. The molecule has 0 unspecified atom stereocenters. The van der Waals surface area contributed by atoms with Gasteiger partial charge in [0.25, 0.3) is 17.5 Å². The molecular formula is C22H22N4O5. The van der Waals surface area contributed by atoms with Crippen molar-refractivity contribution < 1.29 is 19.3 Å². The van der Waals surface area contributed by atoms with Gasteiger partial charge in [0.2, 0.25) is 0 Å². The van der Waals surface area contributed by atoms with Gasteiger partial charge in [-0.25, -0.2) is 4.79 Å². The zero-order valence-electron chi connectivity index (χ0n) is 17.3. The summed E-state index contributed by atoms with van der Waals surface area (Å²) in [4.78, 5) is 49.6. The summed E-state index contributed by atoms with van der Waals surface area (Å²) in [5.41, 5.74) is 2.62. The van der Waals surface area contributed by atoms with Crippen LogP contribution in [0.2, 0.25) is 0 Å². The molecule has 4 amide bonds. The van der Waals surface area contributed by atoms with Crippen LogP contribution in [0.1, 0.15) is 42.6 Å². The number of amides is 4. The van der Waals surface area contributed by atoms with E-state index in [1.54, 1.807) is 18.2 Å². The van der Waals surface area contributed by atoms with Crippen LogP contribution in [0, 0.1) is 24.0 Å². The van der Waals surface area contributed by atoms with Gasteiger partial charge in [-0.2, -0.15) is 0 Å². The zero-order valence-corrected chi connectivity index (χ0v) is 17.3. The highest BCUT2D eigenvalue weighted by atomic mass is 16.6. The van der Waals surface area contributed by atoms with Crippen LogP contribution < -0.4 is 5.32 Å². The van der Waals surface area contributed by atoms with Crippen molar-refractivity contribution in [1.29, 1.82) is 0 Å². The SMILES string of the molecule is Cc1cc(/C=C2/C(=O)NC(=O)N(C3CCCC3)C2=O)c(C)n1-c1cccc([N+](=O)[O-])c1. The average Bonchev–Trinajstić information content (AvgIpc) is 3.33. The number of nitro groups is 1. The van der Waals surface area contributed by atoms with E-state index in [9.17, 15) is 24.5 Å². The maximum Gasteiger partial charge on any atom is 0.331 e. The molecule has 1 aliphatic carbocycles. The summed E-state index contributed by atoms with van der Waals surface area (Å²) >= 11 is 0. The Morgan fingerprint density at radius 2 is 1.84 bits per heavy atom. The van der Waals surface area contributed by atoms with Gasteiger partial charge >= 0.3 is 6.03 Å². The van der Waals surface area contributed by atoms with E-state index in [1.807, 2.05) is 18.4 Å². The van der Waals surface area contributed by atoms with Gasteiger partial charge in [0, 0.05) is 29.6 Å². The Morgan fingerprint density at radius 3 is 2.52 bits per heavy atom. The second kappa shape index (κ2) is 7.82. The summed E-state index contributed by atoms with van der Waals surface area (Å²) in [5.74, 6) is -1.30. The number of carbonyl (C=O) groups is 3. The van der Waals surface area contributed by atoms with Gasteiger partial charge in [-0.1, -0.05) is 18.9 Å². The highest BCUT2D eigenvalue weighted by molar-refractivity contribution is 6.31. The van der Waals surface area contributed by atoms with Gasteiger partial charge in [0.15, 0.2) is 0 Å². The van der Waals surface area contributed by atoms with Crippen LogP contribution in [0.5, 0.6) is 0 Å². The van der Waals surface area contributed by atoms with E-state index in [4.69, 9.17) is 0 Å². The Balaban J connectivity index is 1.73. The van der Waals surface area contributed by atoms with Crippen molar-refractivity contribution in [2.75, 3.05) is 0 Å². The topological polar surface area (TPSA) is 115 Å². The number of aromatic nitrogens is 1. The number of rotatable bonds is 4. The van der Waals surface area contributed by atoms with Crippen molar-refractivity contribution in [2.24, 2.45) is 0 Å². The number of nitrogens with one attached hydrogen (secondary N) is 1. The number of nitrogens with zero attached hydrogens (tertiary/aromatic N) is 3. The molecule has 9 heteroatoms. The van der Waals surface area contributed by atoms with Gasteiger partial charge in [-0.3, -0.25) is 29.9 Å². The third kappa shape index (κ3) is 3.63. The van der Waals surface area contributed by atoms with Crippen LogP contribution in [0.4, 0.5) is 10.5 Å². The molecule has 1 saturated carbocycles. The Labute approximate surface area is 178 Å². The number of carbonyl (C=O) groups excluding carboxylic acids is 3. The Bertz CT molecular complexity index is 1140. The molecule has 2 aromatic rings. The number of hydrogen-bond donors (Lipinski definition) is 1. The van der Waals surface area contributed by atoms with Crippen molar-refractivity contribution in [3.8, 4) is 5.69 Å². The van der Waals surface area contributed by atoms with E-state index in [2.05, 4.69) is 5.32 Å². The number of nitro benzene ring substituents is 1. The van der Waals surface area contributed by atoms with Crippen LogP contribution >= 0.6 is 0 Å². The second-order valence-corrected chi connectivity index (χ2v) is 7.87. The highest BCUT2D eigenvalue weighted by Crippen LogP contribution is 2.29. The minimum atomic E-state index is -0.718. The summed E-state index contributed by atoms with van der Waals surface area (Å²) in [6.45, 7) is 3.65. The van der Waals surface area contributed by atoms with Gasteiger partial charge < -0.3 is 4.57 Å². The molecule has 2 aliphatic rings. The number of imide groups is 2. The van der Waals surface area contributed by atoms with Crippen LogP contribution in [-0.2, 0) is 9.59 Å². The normalized spacial score (nSPS) is 18.7. The van der Waals surface area contributed by atoms with Crippen molar-refractivity contribution in [3.63, 3.8) is 0 Å². The predicted molar refractivity (Wildman–Crippen MR) is 113 cm³/mol. The number of hydrogen-bond acceptors (Lipinski definition) is 5. The Hall–Kier alpha value is -3.75. The number of urea groups is 1. The molecule has 0 spiro atoms. The lowest BCUT2D eigenvalue weighted by molar-refractivity contribution is -0.384. The number of aryl methyl sites for hydroxylation is 1. The molecule has 1 aliphatic heterocycles. The summed E-state index contributed by atoms with van der Waals surface area (Å²) in [7, 11) is 0. The van der Waals surface area contributed by atoms with Gasteiger partial charge in [-0.05, 0) is 50.5 Å². The minimum absolute atomic E-state index is 0.0301. The third-order valence-corrected chi connectivity index (χ3v) is 5.89. The summed E-state index contributed by atoms with van der Waals surface area (Å²) in [5, 5.41) is 13.4. The first-order chi connectivity index (χ1) is 14.8. The van der Waals surface area contributed by atoms with E-state index < -0.39 is 22.8 Å². The van der Waals surface area contributed by atoms with Crippen molar-refractivity contribution in [1.82, 2.24) is 14.8 Å². The fourth-order valence-electron chi connectivity index (χ4n) is 4.40. The summed E-state index contributed by atoms with van der Waals surface area (Å²) in [6.07, 6.45) is 4.85. The fraction of sp³-hybridized carbons (Fsp3) is 0.318. The average molecular weight is 422 g/mol. The molecule has 0 bridgehead atoms. The van der Waals surface area contributed by atoms with E-state index >= 15 is 0 Å². The monoisotopic (exact) mass is 422 g/mol. The molecule has 160 valence electrons. The molecule has 0 atom stereocenters. The van der Waals surface area contributed by atoms with E-state index in [-0.39, 0.29) is 17.3 Å². The third-order valence-electron chi connectivity index (χ3n) is 5.89. The maximum absolute atomic E-state index is 13.0. The largest absolute Gasteiger partial charge is 0.331 e. The molecule has 2 fully saturated rings. The first-order valence-electron chi connectivity index (χ1n) is 10.1. The molecule has 9 nitrogen and oxygen atoms in total. The Kier molecular flexibility index (Phi) is 5.18. The van der Waals surface area contributed by atoms with Gasteiger partial charge in [-0.15, -0.1) is 0 Å². The number of barbiturate groups is 1. The fourth-order valence-corrected chi connectivity index (χ4v) is 4.40. The molecule has 2 heterocycles. The molecule has 4 rings (SSSR count). The lowest BCUT2D eigenvalue weighted by atomic mass is 10.1. The molecule has 0 radical (unpaired) electrons. The molecule has 1 N–H and O–H groups in total. The highest BCUT2D eigenvalue weighted by Gasteiger charge is 2.40. The first-order valence-corrected chi connectivity index (χ1v) is 10.1. The summed E-state index contributed by atoms with van der Waals surface area (Å²) in [6, 6.07) is 7.19. The molecule has 31 heavy (non-hydrogen) atoms. The number of non-ortho nitro benzene ring substituents is 1. The minimum Gasteiger partial charge on any atom is -0.318 e. The summed E-state index contributed by atoms with van der Waals surface area (Å²) < 4.78 is 1.82. The lowest BCUT2D eigenvalue weighted by Gasteiger charge is -2.31. The predicted octanol–water partition coefficient (Wildman–Crippen LogP) is 3.41. The molecule has 1 aromatic heterocycles. The standard InChI is InChI=1S/C22H22N4O5/c1-13-10-15(14(2)24(13)17-8-5-9-18(12-17)26(30)31)11-19-20(27)23-22(29)25(21(19)28)16-6-3-4-7-16/h5,8-12,16H,3-4,6-7H2,1-2H3,(H,23,27,29)/b19-11-. The zero-order chi connectivity index (χ0) is 22.3. The second-order valence-electron chi connectivity index (χ2n) is 7.87.